The van der Waals surface area contributed by atoms with Crippen LogP contribution in [0.25, 0.3) is 0 Å². The molecule has 0 aliphatic carbocycles. The van der Waals surface area contributed by atoms with Crippen molar-refractivity contribution in [1.29, 1.82) is 0 Å². The molecule has 2 nitrogen and oxygen atoms in total. The summed E-state index contributed by atoms with van der Waals surface area (Å²) in [5.41, 5.74) is 0. The van der Waals surface area contributed by atoms with Gasteiger partial charge in [0.15, 0.2) is 4.32 Å². The van der Waals surface area contributed by atoms with Crippen molar-refractivity contribution >= 4 is 34.6 Å². The van der Waals surface area contributed by atoms with Crippen molar-refractivity contribution in [3.63, 3.8) is 0 Å². The van der Waals surface area contributed by atoms with Crippen molar-refractivity contribution in [1.82, 2.24) is 4.90 Å². The fourth-order valence-corrected chi connectivity index (χ4v) is 0.415. The van der Waals surface area contributed by atoms with E-state index in [0.717, 1.165) is 0 Å². The summed E-state index contributed by atoms with van der Waals surface area (Å²) >= 11 is 6.29. The third-order valence-electron chi connectivity index (χ3n) is 0.569. The summed E-state index contributed by atoms with van der Waals surface area (Å²) in [7, 11) is 3.82. The highest BCUT2D eigenvalue weighted by atomic mass is 32.2. The molecule has 0 amide bonds. The number of hydrogen-bond acceptors (Lipinski definition) is 2. The first-order valence-electron chi connectivity index (χ1n) is 2.45. The topological polar surface area (TPSA) is 15.6 Å². The van der Waals surface area contributed by atoms with Crippen LogP contribution >= 0.6 is 24.0 Å². The van der Waals surface area contributed by atoms with Crippen molar-refractivity contribution in [2.45, 2.75) is 0 Å². The van der Waals surface area contributed by atoms with Gasteiger partial charge in [0, 0.05) is 14.1 Å². The van der Waals surface area contributed by atoms with Crippen LogP contribution in [0.15, 0.2) is 4.99 Å². The van der Waals surface area contributed by atoms with Crippen molar-refractivity contribution in [2.24, 2.45) is 4.99 Å². The lowest BCUT2D eigenvalue weighted by Gasteiger charge is -2.00. The third kappa shape index (κ3) is 5.79. The van der Waals surface area contributed by atoms with E-state index in [2.05, 4.69) is 4.99 Å². The normalized spacial score (nSPS) is 10.1. The largest absolute Gasteiger partial charge is 0.369 e. The number of thioether (sulfide) groups is 1. The second-order valence-electron chi connectivity index (χ2n) is 1.68. The van der Waals surface area contributed by atoms with E-state index in [4.69, 9.17) is 12.2 Å². The summed E-state index contributed by atoms with van der Waals surface area (Å²) < 4.78 is 0.670. The number of rotatable bonds is 1. The molecular formula is C5H10N2S2. The van der Waals surface area contributed by atoms with Gasteiger partial charge in [-0.1, -0.05) is 24.0 Å². The molecule has 0 heterocycles. The number of nitrogens with zero attached hydrogens (tertiary/aromatic N) is 2. The van der Waals surface area contributed by atoms with Gasteiger partial charge in [-0.05, 0) is 6.26 Å². The van der Waals surface area contributed by atoms with Gasteiger partial charge in [0.2, 0.25) is 0 Å². The standard InChI is InChI=1S/C5H10N2S2/c1-7(2)4-6-5(8)9-3/h4H,1-3H3/b6-4+. The second-order valence-corrected chi connectivity index (χ2v) is 3.12. The van der Waals surface area contributed by atoms with Gasteiger partial charge >= 0.3 is 0 Å². The van der Waals surface area contributed by atoms with Crippen molar-refractivity contribution in [3.8, 4) is 0 Å². The maximum atomic E-state index is 4.81. The highest BCUT2D eigenvalue weighted by Gasteiger charge is 1.84. The molecule has 0 bridgehead atoms. The Morgan fingerprint density at radius 1 is 1.67 bits per heavy atom. The van der Waals surface area contributed by atoms with Gasteiger partial charge in [-0.2, -0.15) is 0 Å². The zero-order valence-electron chi connectivity index (χ0n) is 5.79. The molecule has 52 valence electrons. The number of hydrogen-bond donors (Lipinski definition) is 0. The zero-order chi connectivity index (χ0) is 7.28. The van der Waals surface area contributed by atoms with Gasteiger partial charge in [0.25, 0.3) is 0 Å². The molecule has 0 rings (SSSR count). The minimum atomic E-state index is 0.670. The van der Waals surface area contributed by atoms with Gasteiger partial charge in [-0.3, -0.25) is 0 Å². The lowest BCUT2D eigenvalue weighted by Crippen LogP contribution is -2.08. The summed E-state index contributed by atoms with van der Waals surface area (Å²) in [4.78, 5) is 5.79. The molecule has 0 aromatic rings. The van der Waals surface area contributed by atoms with Crippen LogP contribution in [0.4, 0.5) is 0 Å². The summed E-state index contributed by atoms with van der Waals surface area (Å²) in [6.45, 7) is 0. The van der Waals surface area contributed by atoms with Gasteiger partial charge in [0.05, 0.1) is 6.34 Å². The van der Waals surface area contributed by atoms with Gasteiger partial charge in [-0.25, -0.2) is 4.99 Å². The van der Waals surface area contributed by atoms with Gasteiger partial charge in [-0.15, -0.1) is 0 Å². The molecule has 4 heteroatoms. The Morgan fingerprint density at radius 3 is 2.56 bits per heavy atom. The molecule has 0 saturated carbocycles. The predicted octanol–water partition coefficient (Wildman–Crippen LogP) is 1.22. The number of thiocarbonyl (C=S) groups is 1. The molecule has 0 radical (unpaired) electrons. The lowest BCUT2D eigenvalue weighted by molar-refractivity contribution is 0.644. The second kappa shape index (κ2) is 4.76. The Morgan fingerprint density at radius 2 is 2.22 bits per heavy atom. The summed E-state index contributed by atoms with van der Waals surface area (Å²) in [6.07, 6.45) is 3.61. The molecule has 0 aromatic carbocycles. The summed E-state index contributed by atoms with van der Waals surface area (Å²) in [5.74, 6) is 0. The first-order chi connectivity index (χ1) is 4.16. The van der Waals surface area contributed by atoms with Crippen molar-refractivity contribution in [2.75, 3.05) is 20.4 Å². The fourth-order valence-electron chi connectivity index (χ4n) is 0.215. The maximum Gasteiger partial charge on any atom is 0.161 e. The minimum absolute atomic E-state index is 0.670. The Balaban J connectivity index is 3.57. The van der Waals surface area contributed by atoms with Crippen LogP contribution in [0.1, 0.15) is 0 Å². The van der Waals surface area contributed by atoms with E-state index in [-0.39, 0.29) is 0 Å². The van der Waals surface area contributed by atoms with E-state index in [1.165, 1.54) is 11.8 Å². The zero-order valence-corrected chi connectivity index (χ0v) is 7.42. The molecule has 0 unspecified atom stereocenters. The van der Waals surface area contributed by atoms with Crippen LogP contribution in [0, 0.1) is 0 Å². The highest BCUT2D eigenvalue weighted by Crippen LogP contribution is 1.97. The average molecular weight is 162 g/mol. The van der Waals surface area contributed by atoms with E-state index in [1.807, 2.05) is 25.3 Å². The third-order valence-corrected chi connectivity index (χ3v) is 1.63. The van der Waals surface area contributed by atoms with Crippen LogP contribution in [0.2, 0.25) is 0 Å². The number of aliphatic imine (C=N–C) groups is 1. The lowest BCUT2D eigenvalue weighted by atomic mass is 10.9. The molecule has 0 aliphatic heterocycles. The molecule has 0 atom stereocenters. The summed E-state index contributed by atoms with van der Waals surface area (Å²) in [6, 6.07) is 0. The molecule has 9 heavy (non-hydrogen) atoms. The van der Waals surface area contributed by atoms with E-state index in [0.29, 0.717) is 4.32 Å². The Kier molecular flexibility index (Phi) is 4.71. The van der Waals surface area contributed by atoms with Crippen LogP contribution in [0.5, 0.6) is 0 Å². The van der Waals surface area contributed by atoms with Crippen molar-refractivity contribution in [3.05, 3.63) is 0 Å². The SMILES string of the molecule is CSC(=S)/N=C/N(C)C. The summed E-state index contributed by atoms with van der Waals surface area (Å²) in [5, 5.41) is 0. The average Bonchev–Trinajstić information content (AvgIpc) is 1.83. The van der Waals surface area contributed by atoms with Crippen LogP contribution in [-0.2, 0) is 0 Å². The smallest absolute Gasteiger partial charge is 0.161 e. The van der Waals surface area contributed by atoms with E-state index < -0.39 is 0 Å². The fraction of sp³-hybridized carbons (Fsp3) is 0.600. The van der Waals surface area contributed by atoms with Crippen molar-refractivity contribution < 1.29 is 0 Å². The first-order valence-corrected chi connectivity index (χ1v) is 4.08. The van der Waals surface area contributed by atoms with Gasteiger partial charge < -0.3 is 4.90 Å². The molecule has 0 aromatic heterocycles. The van der Waals surface area contributed by atoms with Crippen LogP contribution < -0.4 is 0 Å². The maximum absolute atomic E-state index is 4.81. The van der Waals surface area contributed by atoms with E-state index >= 15 is 0 Å². The highest BCUT2D eigenvalue weighted by molar-refractivity contribution is 8.22. The molecule has 0 aliphatic rings. The Bertz CT molecular complexity index is 120. The monoisotopic (exact) mass is 162 g/mol. The van der Waals surface area contributed by atoms with E-state index in [1.54, 1.807) is 6.34 Å². The minimum Gasteiger partial charge on any atom is -0.369 e. The van der Waals surface area contributed by atoms with Gasteiger partial charge in [0.1, 0.15) is 0 Å². The molecule has 0 saturated heterocycles. The predicted molar refractivity (Wildman–Crippen MR) is 48.3 cm³/mol. The molecule has 0 spiro atoms. The van der Waals surface area contributed by atoms with Crippen LogP contribution in [-0.4, -0.2) is 35.9 Å². The Labute approximate surface area is 65.3 Å². The van der Waals surface area contributed by atoms with Crippen LogP contribution in [0.3, 0.4) is 0 Å². The quantitative estimate of drug-likeness (QED) is 0.327. The Hall–Kier alpha value is -0.0900. The molecule has 0 fully saturated rings. The molecule has 0 N–H and O–H groups in total. The molecular weight excluding hydrogens is 152 g/mol. The van der Waals surface area contributed by atoms with E-state index in [9.17, 15) is 0 Å². The first kappa shape index (κ1) is 8.91.